The highest BCUT2D eigenvalue weighted by Crippen LogP contribution is 2.24. The maximum absolute atomic E-state index is 12.3. The van der Waals surface area contributed by atoms with Crippen molar-refractivity contribution >= 4 is 29.2 Å². The number of carbonyl (C=O) groups excluding carboxylic acids is 1. The van der Waals surface area contributed by atoms with E-state index in [-0.39, 0.29) is 18.2 Å². The number of rotatable bonds is 5. The SMILES string of the molecule is CC(C)(C)OC(=O)N1CCN(c2ccc(Nc3nccc(NC4CCCC4N)n3)cc2)CC1. The molecule has 2 aromatic rings. The van der Waals surface area contributed by atoms with Crippen molar-refractivity contribution in [3.63, 3.8) is 0 Å². The van der Waals surface area contributed by atoms with E-state index in [9.17, 15) is 4.79 Å². The highest BCUT2D eigenvalue weighted by molar-refractivity contribution is 5.69. The van der Waals surface area contributed by atoms with Crippen molar-refractivity contribution in [3.8, 4) is 0 Å². The van der Waals surface area contributed by atoms with E-state index < -0.39 is 5.60 Å². The van der Waals surface area contributed by atoms with Crippen LogP contribution >= 0.6 is 0 Å². The average molecular weight is 454 g/mol. The zero-order chi connectivity index (χ0) is 23.4. The van der Waals surface area contributed by atoms with Crippen molar-refractivity contribution < 1.29 is 9.53 Å². The standard InChI is InChI=1S/C24H35N7O2/c1-24(2,3)33-23(32)31-15-13-30(14-16-31)18-9-7-17(8-10-18)27-22-26-12-11-21(29-22)28-20-6-4-5-19(20)25/h7-12,19-20H,4-6,13-16,25H2,1-3H3,(H2,26,27,28,29). The van der Waals surface area contributed by atoms with Gasteiger partial charge in [0.1, 0.15) is 11.4 Å². The Kier molecular flexibility index (Phi) is 6.88. The normalized spacial score (nSPS) is 21.1. The van der Waals surface area contributed by atoms with Gasteiger partial charge < -0.3 is 30.9 Å². The monoisotopic (exact) mass is 453 g/mol. The first-order valence-corrected chi connectivity index (χ1v) is 11.7. The number of carbonyl (C=O) groups is 1. The third-order valence-corrected chi connectivity index (χ3v) is 5.98. The van der Waals surface area contributed by atoms with E-state index >= 15 is 0 Å². The van der Waals surface area contributed by atoms with Gasteiger partial charge in [-0.1, -0.05) is 0 Å². The molecule has 2 heterocycles. The third-order valence-electron chi connectivity index (χ3n) is 5.98. The van der Waals surface area contributed by atoms with Gasteiger partial charge in [0.15, 0.2) is 0 Å². The van der Waals surface area contributed by atoms with Crippen LogP contribution in [-0.4, -0.2) is 64.8 Å². The van der Waals surface area contributed by atoms with Gasteiger partial charge in [-0.05, 0) is 70.4 Å². The largest absolute Gasteiger partial charge is 0.444 e. The van der Waals surface area contributed by atoms with E-state index in [2.05, 4.69) is 37.6 Å². The van der Waals surface area contributed by atoms with Crippen LogP contribution < -0.4 is 21.3 Å². The van der Waals surface area contributed by atoms with E-state index in [1.54, 1.807) is 11.1 Å². The molecule has 4 N–H and O–H groups in total. The summed E-state index contributed by atoms with van der Waals surface area (Å²) in [7, 11) is 0. The molecule has 9 heteroatoms. The summed E-state index contributed by atoms with van der Waals surface area (Å²) in [6.45, 7) is 8.50. The Balaban J connectivity index is 1.30. The number of nitrogens with two attached hydrogens (primary N) is 1. The van der Waals surface area contributed by atoms with Gasteiger partial charge in [-0.25, -0.2) is 9.78 Å². The van der Waals surface area contributed by atoms with Crippen LogP contribution in [-0.2, 0) is 4.74 Å². The molecule has 1 aromatic carbocycles. The molecule has 2 unspecified atom stereocenters. The van der Waals surface area contributed by atoms with Gasteiger partial charge in [0.2, 0.25) is 5.95 Å². The molecule has 33 heavy (non-hydrogen) atoms. The van der Waals surface area contributed by atoms with Gasteiger partial charge in [0, 0.05) is 55.8 Å². The molecular weight excluding hydrogens is 418 g/mol. The minimum Gasteiger partial charge on any atom is -0.444 e. The fraction of sp³-hybridized carbons (Fsp3) is 0.542. The lowest BCUT2D eigenvalue weighted by atomic mass is 10.2. The van der Waals surface area contributed by atoms with Crippen LogP contribution in [0.4, 0.5) is 27.9 Å². The Morgan fingerprint density at radius 1 is 1.09 bits per heavy atom. The smallest absolute Gasteiger partial charge is 0.410 e. The van der Waals surface area contributed by atoms with Crippen LogP contribution in [0.5, 0.6) is 0 Å². The van der Waals surface area contributed by atoms with Gasteiger partial charge in [-0.3, -0.25) is 0 Å². The highest BCUT2D eigenvalue weighted by Gasteiger charge is 2.26. The fourth-order valence-electron chi connectivity index (χ4n) is 4.22. The lowest BCUT2D eigenvalue weighted by Gasteiger charge is -2.36. The molecule has 1 saturated heterocycles. The number of hydrogen-bond acceptors (Lipinski definition) is 8. The van der Waals surface area contributed by atoms with E-state index in [0.29, 0.717) is 19.0 Å². The summed E-state index contributed by atoms with van der Waals surface area (Å²) in [6.07, 6.45) is 4.78. The first kappa shape index (κ1) is 23.1. The number of hydrogen-bond donors (Lipinski definition) is 3. The predicted molar refractivity (Wildman–Crippen MR) is 131 cm³/mol. The predicted octanol–water partition coefficient (Wildman–Crippen LogP) is 3.57. The van der Waals surface area contributed by atoms with Crippen molar-refractivity contribution in [2.24, 2.45) is 5.73 Å². The Bertz CT molecular complexity index is 937. The molecule has 9 nitrogen and oxygen atoms in total. The summed E-state index contributed by atoms with van der Waals surface area (Å²) in [5.41, 5.74) is 7.73. The summed E-state index contributed by atoms with van der Waals surface area (Å²) in [4.78, 5) is 25.2. The lowest BCUT2D eigenvalue weighted by Crippen LogP contribution is -2.50. The molecule has 178 valence electrons. The van der Waals surface area contributed by atoms with Crippen LogP contribution in [0.2, 0.25) is 0 Å². The van der Waals surface area contributed by atoms with Crippen LogP contribution in [0, 0.1) is 0 Å². The molecule has 1 aliphatic heterocycles. The Hall–Kier alpha value is -3.07. The Morgan fingerprint density at radius 2 is 1.82 bits per heavy atom. The highest BCUT2D eigenvalue weighted by atomic mass is 16.6. The van der Waals surface area contributed by atoms with Gasteiger partial charge >= 0.3 is 6.09 Å². The molecule has 0 radical (unpaired) electrons. The average Bonchev–Trinajstić information content (AvgIpc) is 3.18. The Morgan fingerprint density at radius 3 is 2.45 bits per heavy atom. The van der Waals surface area contributed by atoms with Gasteiger partial charge in [0.05, 0.1) is 0 Å². The second-order valence-corrected chi connectivity index (χ2v) is 9.74. The molecule has 2 aliphatic rings. The van der Waals surface area contributed by atoms with Gasteiger partial charge in [-0.2, -0.15) is 4.98 Å². The van der Waals surface area contributed by atoms with Crippen molar-refractivity contribution in [1.82, 2.24) is 14.9 Å². The molecule has 1 aliphatic carbocycles. The van der Waals surface area contributed by atoms with Crippen LogP contribution in [0.1, 0.15) is 40.0 Å². The number of anilines is 4. The second-order valence-electron chi connectivity index (χ2n) is 9.74. The van der Waals surface area contributed by atoms with Crippen molar-refractivity contribution in [1.29, 1.82) is 0 Å². The minimum atomic E-state index is -0.473. The molecular formula is C24H35N7O2. The minimum absolute atomic E-state index is 0.176. The van der Waals surface area contributed by atoms with E-state index in [1.165, 1.54) is 0 Å². The van der Waals surface area contributed by atoms with Crippen molar-refractivity contribution in [3.05, 3.63) is 36.5 Å². The van der Waals surface area contributed by atoms with Gasteiger partial charge in [-0.15, -0.1) is 0 Å². The molecule has 4 rings (SSSR count). The van der Waals surface area contributed by atoms with Crippen LogP contribution in [0.15, 0.2) is 36.5 Å². The quantitative estimate of drug-likeness (QED) is 0.631. The number of aromatic nitrogens is 2. The molecule has 1 amide bonds. The number of nitrogens with one attached hydrogen (secondary N) is 2. The lowest BCUT2D eigenvalue weighted by molar-refractivity contribution is 0.0240. The van der Waals surface area contributed by atoms with Crippen molar-refractivity contribution in [2.45, 2.75) is 57.7 Å². The zero-order valence-electron chi connectivity index (χ0n) is 19.8. The van der Waals surface area contributed by atoms with Crippen LogP contribution in [0.3, 0.4) is 0 Å². The molecule has 0 bridgehead atoms. The maximum Gasteiger partial charge on any atom is 0.410 e. The zero-order valence-corrected chi connectivity index (χ0v) is 19.8. The number of ether oxygens (including phenoxy) is 1. The fourth-order valence-corrected chi connectivity index (χ4v) is 4.22. The third kappa shape index (κ3) is 6.25. The maximum atomic E-state index is 12.3. The first-order valence-electron chi connectivity index (χ1n) is 11.7. The number of amides is 1. The molecule has 0 spiro atoms. The summed E-state index contributed by atoms with van der Waals surface area (Å²) in [5.74, 6) is 1.33. The number of benzene rings is 1. The molecule has 2 atom stereocenters. The molecule has 1 aromatic heterocycles. The summed E-state index contributed by atoms with van der Waals surface area (Å²) in [5, 5.41) is 6.71. The molecule has 1 saturated carbocycles. The van der Waals surface area contributed by atoms with Gasteiger partial charge in [0.25, 0.3) is 0 Å². The van der Waals surface area contributed by atoms with E-state index in [1.807, 2.05) is 39.0 Å². The topological polar surface area (TPSA) is 109 Å². The first-order chi connectivity index (χ1) is 15.8. The molecule has 2 fully saturated rings. The van der Waals surface area contributed by atoms with E-state index in [0.717, 1.165) is 49.5 Å². The summed E-state index contributed by atoms with van der Waals surface area (Å²) < 4.78 is 5.48. The Labute approximate surface area is 195 Å². The summed E-state index contributed by atoms with van der Waals surface area (Å²) >= 11 is 0. The summed E-state index contributed by atoms with van der Waals surface area (Å²) in [6, 6.07) is 10.5. The second kappa shape index (κ2) is 9.82. The van der Waals surface area contributed by atoms with E-state index in [4.69, 9.17) is 10.5 Å². The number of piperazine rings is 1. The van der Waals surface area contributed by atoms with Crippen molar-refractivity contribution in [2.75, 3.05) is 41.7 Å². The number of nitrogens with zero attached hydrogens (tertiary/aromatic N) is 4. The van der Waals surface area contributed by atoms with Crippen LogP contribution in [0.25, 0.3) is 0 Å².